The van der Waals surface area contributed by atoms with E-state index < -0.39 is 55.7 Å². The Kier molecular flexibility index (Phi) is 9.07. The number of phenolic OH excluding ortho intramolecular Hbond substituents is 1. The number of para-hydroxylation sites is 1. The molecule has 5 heteroatoms. The van der Waals surface area contributed by atoms with Crippen LogP contribution in [0.3, 0.4) is 0 Å². The molecule has 8 aromatic carbocycles. The monoisotopic (exact) mass is 1090 g/mol. The van der Waals surface area contributed by atoms with Crippen molar-refractivity contribution in [2.75, 3.05) is 0 Å². The van der Waals surface area contributed by atoms with Crippen LogP contribution in [0.2, 0.25) is 0 Å². The van der Waals surface area contributed by atoms with E-state index in [0.29, 0.717) is 39.2 Å². The number of nitrogens with zero attached hydrogens (tertiary/aromatic N) is 3. The minimum Gasteiger partial charge on any atom is -0.507 e. The van der Waals surface area contributed by atoms with E-state index in [0.717, 1.165) is 55.7 Å². The van der Waals surface area contributed by atoms with Crippen molar-refractivity contribution in [3.8, 4) is 89.7 Å². The van der Waals surface area contributed by atoms with Gasteiger partial charge in [0.05, 0.1) is 27.8 Å². The quantitative estimate of drug-likeness (QED) is 0.154. The van der Waals surface area contributed by atoms with E-state index >= 15 is 0 Å². The van der Waals surface area contributed by atoms with Gasteiger partial charge >= 0.3 is 0 Å². The second kappa shape index (κ2) is 18.7. The summed E-state index contributed by atoms with van der Waals surface area (Å²) in [5.41, 5.74) is 7.53. The fourth-order valence-corrected chi connectivity index (χ4v) is 9.00. The summed E-state index contributed by atoms with van der Waals surface area (Å²) in [5, 5.41) is 12.1. The minimum absolute atomic E-state index is 0. The number of fused-ring (bicyclic) bond motifs is 1. The smallest absolute Gasteiger partial charge is 0.148 e. The molecule has 0 radical (unpaired) electrons. The van der Waals surface area contributed by atoms with Crippen LogP contribution in [0.15, 0.2) is 188 Å². The Balaban J connectivity index is 0.00000810. The standard InChI is InChI=1S/C64H56N3O.Pt/c1-41-33-42(2)61(68)55(34-41)62-66-60-52(25-18-26-58(60)67(62)59-40-53(45-21-14-10-15-22-45)56(64(6,7)8)39-54(59)46-23-16-11-17-24-46)49-35-48(43-19-12-9-13-20-43)36-50(37-49)57-38-47(31-32-65-57)44-27-29-51(30-28-44)63(3,4)5;/h9-36,38-40,68H,1-8H3;/q-1;/i3D3,4D3,5D3,27D,28D,29D,30D;. The molecular weight excluding hydrogens is 1020 g/mol. The summed E-state index contributed by atoms with van der Waals surface area (Å²) in [6.45, 7) is -0.987. The Hall–Kier alpha value is -7.13. The van der Waals surface area contributed by atoms with Gasteiger partial charge in [0.15, 0.2) is 0 Å². The molecular formula is C64H56N3OPt-. The van der Waals surface area contributed by atoms with Crippen LogP contribution >= 0.6 is 0 Å². The first-order chi connectivity index (χ1) is 38.1. The molecule has 0 bridgehead atoms. The van der Waals surface area contributed by atoms with Gasteiger partial charge in [0, 0.05) is 50.9 Å². The third kappa shape index (κ3) is 9.27. The minimum atomic E-state index is -3.82. The molecule has 0 spiro atoms. The van der Waals surface area contributed by atoms with Gasteiger partial charge in [0.25, 0.3) is 0 Å². The number of aromatic nitrogens is 3. The van der Waals surface area contributed by atoms with Crippen LogP contribution in [-0.2, 0) is 31.9 Å². The number of hydrogen-bond donors (Lipinski definition) is 1. The predicted octanol–water partition coefficient (Wildman–Crippen LogP) is 16.8. The molecule has 1 N–H and O–H groups in total. The fourth-order valence-electron chi connectivity index (χ4n) is 9.00. The van der Waals surface area contributed by atoms with Crippen LogP contribution in [-0.4, -0.2) is 19.6 Å². The molecule has 0 saturated carbocycles. The molecule has 0 aliphatic heterocycles. The Morgan fingerprint density at radius 1 is 0.565 bits per heavy atom. The second-order valence-electron chi connectivity index (χ2n) is 18.3. The molecule has 0 aliphatic rings. The summed E-state index contributed by atoms with van der Waals surface area (Å²) >= 11 is 0. The van der Waals surface area contributed by atoms with E-state index in [1.165, 1.54) is 18.3 Å². The largest absolute Gasteiger partial charge is 0.507 e. The predicted molar refractivity (Wildman–Crippen MR) is 284 cm³/mol. The van der Waals surface area contributed by atoms with Crippen LogP contribution < -0.4 is 0 Å². The molecule has 0 aliphatic carbocycles. The van der Waals surface area contributed by atoms with Gasteiger partial charge in [-0.3, -0.25) is 9.55 Å². The van der Waals surface area contributed by atoms with Gasteiger partial charge in [0.1, 0.15) is 11.6 Å². The zero-order valence-electron chi connectivity index (χ0n) is 51.7. The molecule has 344 valence electrons. The molecule has 10 aromatic rings. The number of phenols is 1. The van der Waals surface area contributed by atoms with Crippen molar-refractivity contribution in [1.82, 2.24) is 14.5 Å². The van der Waals surface area contributed by atoms with Crippen LogP contribution in [0.5, 0.6) is 5.75 Å². The average molecular weight is 1090 g/mol. The average Bonchev–Trinajstić information content (AvgIpc) is 1.92. The first-order valence-corrected chi connectivity index (χ1v) is 22.5. The first kappa shape index (κ1) is 33.4. The Bertz CT molecular complexity index is 4010. The maximum atomic E-state index is 12.1. The molecule has 0 saturated heterocycles. The van der Waals surface area contributed by atoms with E-state index in [2.05, 4.69) is 67.8 Å². The van der Waals surface area contributed by atoms with Crippen LogP contribution in [0.25, 0.3) is 95.0 Å². The summed E-state index contributed by atoms with van der Waals surface area (Å²) in [5.74, 6) is 0.582. The third-order valence-electron chi connectivity index (χ3n) is 12.3. The molecule has 4 nitrogen and oxygen atoms in total. The molecule has 2 heterocycles. The maximum Gasteiger partial charge on any atom is 0.148 e. The molecule has 0 atom stereocenters. The zero-order valence-corrected chi connectivity index (χ0v) is 41.0. The molecule has 2 aromatic heterocycles. The summed E-state index contributed by atoms with van der Waals surface area (Å²) in [7, 11) is 0. The zero-order chi connectivity index (χ0) is 58.3. The van der Waals surface area contributed by atoms with Gasteiger partial charge in [-0.25, -0.2) is 4.98 Å². The van der Waals surface area contributed by atoms with E-state index in [1.807, 2.05) is 123 Å². The first-order valence-electron chi connectivity index (χ1n) is 29.0. The van der Waals surface area contributed by atoms with Crippen molar-refractivity contribution in [3.05, 3.63) is 216 Å². The molecule has 0 unspecified atom stereocenters. The van der Waals surface area contributed by atoms with Crippen molar-refractivity contribution in [3.63, 3.8) is 0 Å². The number of aromatic hydroxyl groups is 1. The van der Waals surface area contributed by atoms with E-state index in [4.69, 9.17) is 25.0 Å². The van der Waals surface area contributed by atoms with Crippen LogP contribution in [0.1, 0.15) is 81.4 Å². The number of hydrogen-bond acceptors (Lipinski definition) is 3. The van der Waals surface area contributed by atoms with Crippen LogP contribution in [0, 0.1) is 19.9 Å². The SMILES string of the molecule is [2H]c1c([2H])c(C(C([2H])([2H])[2H])(C([2H])([2H])[2H])C([2H])([2H])[2H])c([2H])c([2H])c1-c1ccnc(-c2[c-]c(-c3cccc4c3nc(-c3cc(C)cc(C)c3O)n4-c3cc(-c4ccccc4)c(C(C)(C)C)cc3-c3ccccc3)cc(-c3ccccc3)c2)c1.[Pt]. The number of aryl methyl sites for hydroxylation is 2. The van der Waals surface area contributed by atoms with E-state index in [9.17, 15) is 7.85 Å². The molecule has 10 rings (SSSR count). The summed E-state index contributed by atoms with van der Waals surface area (Å²) < 4.78 is 113. The molecule has 0 fully saturated rings. The number of imidazole rings is 1. The van der Waals surface area contributed by atoms with Gasteiger partial charge in [-0.2, -0.15) is 0 Å². The van der Waals surface area contributed by atoms with E-state index in [1.54, 1.807) is 0 Å². The van der Waals surface area contributed by atoms with Crippen molar-refractivity contribution in [2.45, 2.75) is 66.0 Å². The topological polar surface area (TPSA) is 50.9 Å². The van der Waals surface area contributed by atoms with Crippen molar-refractivity contribution in [2.24, 2.45) is 0 Å². The molecule has 69 heavy (non-hydrogen) atoms. The fraction of sp³-hybridized carbons (Fsp3) is 0.156. The van der Waals surface area contributed by atoms with Crippen LogP contribution in [0.4, 0.5) is 0 Å². The van der Waals surface area contributed by atoms with E-state index in [-0.39, 0.29) is 49.1 Å². The van der Waals surface area contributed by atoms with Gasteiger partial charge < -0.3 is 5.11 Å². The maximum absolute atomic E-state index is 12.1. The van der Waals surface area contributed by atoms with Crippen molar-refractivity contribution in [1.29, 1.82) is 0 Å². The van der Waals surface area contributed by atoms with Gasteiger partial charge in [0.2, 0.25) is 0 Å². The van der Waals surface area contributed by atoms with Gasteiger partial charge in [-0.1, -0.05) is 197 Å². The van der Waals surface area contributed by atoms with Gasteiger partial charge in [-0.15, -0.1) is 23.8 Å². The Morgan fingerprint density at radius 3 is 1.86 bits per heavy atom. The second-order valence-corrected chi connectivity index (χ2v) is 18.3. The Morgan fingerprint density at radius 2 is 1.20 bits per heavy atom. The summed E-state index contributed by atoms with van der Waals surface area (Å²) in [6.07, 6.45) is 1.41. The van der Waals surface area contributed by atoms with Crippen molar-refractivity contribution < 1.29 is 44.0 Å². The number of pyridine rings is 1. The summed E-state index contributed by atoms with van der Waals surface area (Å²) in [4.78, 5) is 10.3. The van der Waals surface area contributed by atoms with Crippen molar-refractivity contribution >= 4 is 11.0 Å². The normalized spacial score (nSPS) is 15.0. The summed E-state index contributed by atoms with van der Waals surface area (Å²) in [6, 6.07) is 51.0. The third-order valence-corrected chi connectivity index (χ3v) is 12.3. The Labute approximate surface area is 440 Å². The molecule has 0 amide bonds. The van der Waals surface area contributed by atoms with Gasteiger partial charge in [-0.05, 0) is 111 Å². The number of rotatable bonds is 8. The number of benzene rings is 8.